The number of hydrogen-bond donors (Lipinski definition) is 3. The average molecular weight is 325 g/mol. The van der Waals surface area contributed by atoms with Crippen LogP contribution in [0.4, 0.5) is 4.79 Å². The molecule has 3 aliphatic rings. The summed E-state index contributed by atoms with van der Waals surface area (Å²) >= 11 is 0. The molecule has 1 unspecified atom stereocenters. The Labute approximate surface area is 136 Å². The fourth-order valence-electron chi connectivity index (χ4n) is 3.89. The van der Waals surface area contributed by atoms with E-state index < -0.39 is 11.6 Å². The van der Waals surface area contributed by atoms with Gasteiger partial charge >= 0.3 is 12.0 Å². The van der Waals surface area contributed by atoms with Crippen molar-refractivity contribution in [3.05, 3.63) is 0 Å². The third-order valence-corrected chi connectivity index (χ3v) is 5.61. The number of carboxylic acid groups (broad SMARTS) is 1. The summed E-state index contributed by atoms with van der Waals surface area (Å²) in [6, 6.07) is 0.264. The molecule has 1 atom stereocenters. The highest BCUT2D eigenvalue weighted by Gasteiger charge is 2.49. The van der Waals surface area contributed by atoms with Crippen LogP contribution in [-0.2, 0) is 4.79 Å². The van der Waals surface area contributed by atoms with Crippen LogP contribution in [0.1, 0.15) is 39.0 Å². The molecule has 0 aromatic heterocycles. The number of carbonyl (C=O) groups is 2. The summed E-state index contributed by atoms with van der Waals surface area (Å²) in [6.07, 6.45) is 4.43. The van der Waals surface area contributed by atoms with E-state index in [0.29, 0.717) is 32.0 Å². The molecule has 2 amide bonds. The predicted molar refractivity (Wildman–Crippen MR) is 84.1 cm³/mol. The summed E-state index contributed by atoms with van der Waals surface area (Å²) in [5.41, 5.74) is -0.667. The van der Waals surface area contributed by atoms with Crippen LogP contribution in [0.3, 0.4) is 0 Å². The van der Waals surface area contributed by atoms with Crippen LogP contribution in [-0.4, -0.2) is 75.9 Å². The Balaban J connectivity index is 1.41. The number of aliphatic hydroxyl groups is 1. The maximum absolute atomic E-state index is 12.3. The zero-order chi connectivity index (χ0) is 16.6. The van der Waals surface area contributed by atoms with Crippen LogP contribution >= 0.6 is 0 Å². The van der Waals surface area contributed by atoms with Crippen molar-refractivity contribution in [3.8, 4) is 0 Å². The number of β-amino-alcohol motifs (C(OH)–C–C–N with tert-alkyl or cyclic N) is 1. The van der Waals surface area contributed by atoms with Gasteiger partial charge in [0.1, 0.15) is 0 Å². The molecule has 1 aliphatic heterocycles. The summed E-state index contributed by atoms with van der Waals surface area (Å²) in [5, 5.41) is 22.4. The van der Waals surface area contributed by atoms with Gasteiger partial charge in [0, 0.05) is 18.6 Å². The zero-order valence-electron chi connectivity index (χ0n) is 13.7. The van der Waals surface area contributed by atoms with Gasteiger partial charge in [-0.1, -0.05) is 6.92 Å². The minimum atomic E-state index is -0.809. The first kappa shape index (κ1) is 16.5. The molecular weight excluding hydrogens is 298 g/mol. The summed E-state index contributed by atoms with van der Waals surface area (Å²) in [6.45, 7) is 3.78. The van der Waals surface area contributed by atoms with Crippen LogP contribution in [0.25, 0.3) is 0 Å². The first-order chi connectivity index (χ1) is 10.9. The number of nitrogens with one attached hydrogen (secondary N) is 1. The summed E-state index contributed by atoms with van der Waals surface area (Å²) in [4.78, 5) is 26.8. The maximum Gasteiger partial charge on any atom is 0.317 e. The average Bonchev–Trinajstić information content (AvgIpc) is 3.24. The highest BCUT2D eigenvalue weighted by molar-refractivity contribution is 5.75. The molecule has 7 heteroatoms. The van der Waals surface area contributed by atoms with E-state index in [1.165, 1.54) is 0 Å². The second kappa shape index (κ2) is 6.28. The van der Waals surface area contributed by atoms with Gasteiger partial charge in [-0.05, 0) is 44.6 Å². The lowest BCUT2D eigenvalue weighted by Gasteiger charge is -2.42. The van der Waals surface area contributed by atoms with E-state index >= 15 is 0 Å². The smallest absolute Gasteiger partial charge is 0.317 e. The van der Waals surface area contributed by atoms with E-state index in [4.69, 9.17) is 5.11 Å². The molecule has 0 radical (unpaired) electrons. The minimum Gasteiger partial charge on any atom is -0.480 e. The predicted octanol–water partition coefficient (Wildman–Crippen LogP) is 0.480. The molecule has 3 fully saturated rings. The number of aliphatic carboxylic acids is 1. The Morgan fingerprint density at radius 1 is 1.35 bits per heavy atom. The van der Waals surface area contributed by atoms with Crippen molar-refractivity contribution in [1.29, 1.82) is 0 Å². The number of likely N-dealkylation sites (N-methyl/N-ethyl adjacent to an activating group) is 1. The molecule has 0 aromatic rings. The number of urea groups is 1. The van der Waals surface area contributed by atoms with E-state index in [1.54, 1.807) is 4.90 Å². The first-order valence-corrected chi connectivity index (χ1v) is 8.65. The quantitative estimate of drug-likeness (QED) is 0.660. The molecule has 1 saturated heterocycles. The third kappa shape index (κ3) is 3.61. The van der Waals surface area contributed by atoms with E-state index in [2.05, 4.69) is 5.32 Å². The van der Waals surface area contributed by atoms with Crippen LogP contribution in [0.15, 0.2) is 0 Å². The lowest BCUT2D eigenvalue weighted by molar-refractivity contribution is -0.139. The number of hydrogen-bond acceptors (Lipinski definition) is 4. The van der Waals surface area contributed by atoms with Crippen LogP contribution < -0.4 is 5.32 Å². The number of carbonyl (C=O) groups excluding carboxylic acids is 1. The molecule has 0 spiro atoms. The number of carboxylic acids is 1. The zero-order valence-corrected chi connectivity index (χ0v) is 13.7. The number of amides is 2. The molecular formula is C16H27N3O4. The molecule has 2 saturated carbocycles. The van der Waals surface area contributed by atoms with Gasteiger partial charge < -0.3 is 20.4 Å². The molecule has 3 rings (SSSR count). The molecule has 0 bridgehead atoms. The Bertz CT molecular complexity index is 476. The third-order valence-electron chi connectivity index (χ3n) is 5.61. The van der Waals surface area contributed by atoms with Gasteiger partial charge in [-0.25, -0.2) is 4.79 Å². The number of nitrogens with zero attached hydrogens (tertiary/aromatic N) is 2. The van der Waals surface area contributed by atoms with Crippen molar-refractivity contribution in [2.24, 2.45) is 5.92 Å². The summed E-state index contributed by atoms with van der Waals surface area (Å²) in [7, 11) is 0. The Hall–Kier alpha value is -1.34. The van der Waals surface area contributed by atoms with Crippen LogP contribution in [0.2, 0.25) is 0 Å². The highest BCUT2D eigenvalue weighted by atomic mass is 16.4. The van der Waals surface area contributed by atoms with Gasteiger partial charge in [0.15, 0.2) is 0 Å². The molecule has 3 N–H and O–H groups in total. The molecule has 2 aliphatic carbocycles. The second-order valence-electron chi connectivity index (χ2n) is 7.28. The normalized spacial score (nSPS) is 33.6. The SMILES string of the molecule is CCN(CC(=O)O)C1CC(NC(=O)N2CCC(O)(C3CC3)C2)C1. The summed E-state index contributed by atoms with van der Waals surface area (Å²) in [5.74, 6) is -0.432. The van der Waals surface area contributed by atoms with Gasteiger partial charge in [-0.3, -0.25) is 9.69 Å². The van der Waals surface area contributed by atoms with Crippen molar-refractivity contribution in [2.75, 3.05) is 26.2 Å². The van der Waals surface area contributed by atoms with E-state index in [-0.39, 0.29) is 24.7 Å². The molecule has 130 valence electrons. The van der Waals surface area contributed by atoms with Crippen molar-refractivity contribution >= 4 is 12.0 Å². The van der Waals surface area contributed by atoms with Gasteiger partial charge in [0.25, 0.3) is 0 Å². The topological polar surface area (TPSA) is 93.1 Å². The second-order valence-corrected chi connectivity index (χ2v) is 7.28. The van der Waals surface area contributed by atoms with Crippen molar-refractivity contribution in [2.45, 2.75) is 56.7 Å². The standard InChI is InChI=1S/C16H27N3O4/c1-2-18(9-14(20)21)13-7-12(8-13)17-15(22)19-6-5-16(23,10-19)11-3-4-11/h11-13,23H,2-10H2,1H3,(H,17,22)(H,20,21). The lowest BCUT2D eigenvalue weighted by atomic mass is 9.85. The minimum absolute atomic E-state index is 0.0579. The van der Waals surface area contributed by atoms with Crippen LogP contribution in [0, 0.1) is 5.92 Å². The molecule has 23 heavy (non-hydrogen) atoms. The van der Waals surface area contributed by atoms with Gasteiger partial charge in [-0.15, -0.1) is 0 Å². The van der Waals surface area contributed by atoms with E-state index in [9.17, 15) is 14.7 Å². The Kier molecular flexibility index (Phi) is 4.51. The number of likely N-dealkylation sites (tertiary alicyclic amines) is 1. The van der Waals surface area contributed by atoms with E-state index in [1.807, 2.05) is 11.8 Å². The van der Waals surface area contributed by atoms with Gasteiger partial charge in [0.05, 0.1) is 18.7 Å². The van der Waals surface area contributed by atoms with Crippen molar-refractivity contribution < 1.29 is 19.8 Å². The Morgan fingerprint density at radius 3 is 2.61 bits per heavy atom. The monoisotopic (exact) mass is 325 g/mol. The fourth-order valence-corrected chi connectivity index (χ4v) is 3.89. The maximum atomic E-state index is 12.3. The summed E-state index contributed by atoms with van der Waals surface area (Å²) < 4.78 is 0. The van der Waals surface area contributed by atoms with Crippen LogP contribution in [0.5, 0.6) is 0 Å². The molecule has 0 aromatic carbocycles. The highest BCUT2D eigenvalue weighted by Crippen LogP contribution is 2.44. The molecule has 7 nitrogen and oxygen atoms in total. The van der Waals surface area contributed by atoms with Crippen molar-refractivity contribution in [1.82, 2.24) is 15.1 Å². The molecule has 1 heterocycles. The van der Waals surface area contributed by atoms with Gasteiger partial charge in [-0.2, -0.15) is 0 Å². The van der Waals surface area contributed by atoms with E-state index in [0.717, 1.165) is 25.7 Å². The largest absolute Gasteiger partial charge is 0.480 e. The lowest BCUT2D eigenvalue weighted by Crippen LogP contribution is -2.56. The fraction of sp³-hybridized carbons (Fsp3) is 0.875. The number of rotatable bonds is 6. The Morgan fingerprint density at radius 2 is 2.04 bits per heavy atom. The van der Waals surface area contributed by atoms with Gasteiger partial charge in [0.2, 0.25) is 0 Å². The van der Waals surface area contributed by atoms with Crippen molar-refractivity contribution in [3.63, 3.8) is 0 Å². The first-order valence-electron chi connectivity index (χ1n) is 8.65.